The molecule has 0 spiro atoms. The van der Waals surface area contributed by atoms with Crippen molar-refractivity contribution in [2.75, 3.05) is 25.4 Å². The zero-order valence-electron chi connectivity index (χ0n) is 14.9. The quantitative estimate of drug-likeness (QED) is 0.482. The molecule has 10 heteroatoms. The summed E-state index contributed by atoms with van der Waals surface area (Å²) in [6, 6.07) is 5.61. The summed E-state index contributed by atoms with van der Waals surface area (Å²) >= 11 is 0. The van der Waals surface area contributed by atoms with Gasteiger partial charge in [-0.15, -0.1) is 0 Å². The molecule has 27 heavy (non-hydrogen) atoms. The number of urea groups is 1. The first-order valence-electron chi connectivity index (χ1n) is 8.78. The predicted molar refractivity (Wildman–Crippen MR) is 99.0 cm³/mol. The second-order valence-corrected chi connectivity index (χ2v) is 8.19. The number of hydrogen-bond acceptors (Lipinski definition) is 5. The molecular formula is C17H25N3O6S. The lowest BCUT2D eigenvalue weighted by Gasteiger charge is -2.22. The van der Waals surface area contributed by atoms with E-state index in [4.69, 9.17) is 9.84 Å². The third-order valence-corrected chi connectivity index (χ3v) is 5.46. The van der Waals surface area contributed by atoms with Crippen LogP contribution in [0.25, 0.3) is 0 Å². The molecule has 1 aliphatic heterocycles. The lowest BCUT2D eigenvalue weighted by Crippen LogP contribution is -2.41. The van der Waals surface area contributed by atoms with Crippen LogP contribution in [0.3, 0.4) is 0 Å². The molecule has 1 fully saturated rings. The topological polar surface area (TPSA) is 134 Å². The number of rotatable bonds is 9. The van der Waals surface area contributed by atoms with Gasteiger partial charge in [0.05, 0.1) is 17.4 Å². The van der Waals surface area contributed by atoms with Gasteiger partial charge in [-0.1, -0.05) is 12.1 Å². The number of hydrogen-bond donors (Lipinski definition) is 4. The zero-order chi connectivity index (χ0) is 19.7. The molecule has 1 heterocycles. The number of sulfonamides is 1. The van der Waals surface area contributed by atoms with Gasteiger partial charge in [0.15, 0.2) is 0 Å². The fourth-order valence-corrected chi connectivity index (χ4v) is 3.52. The van der Waals surface area contributed by atoms with Crippen LogP contribution < -0.4 is 15.4 Å². The first kappa shape index (κ1) is 21.1. The van der Waals surface area contributed by atoms with Crippen LogP contribution in [0.4, 0.5) is 4.79 Å². The molecule has 0 radical (unpaired) electrons. The van der Waals surface area contributed by atoms with Crippen molar-refractivity contribution in [1.82, 2.24) is 15.4 Å². The van der Waals surface area contributed by atoms with Gasteiger partial charge in [-0.3, -0.25) is 0 Å². The average Bonchev–Trinajstić information content (AvgIpc) is 2.66. The van der Waals surface area contributed by atoms with Crippen LogP contribution in [0.1, 0.15) is 35.2 Å². The van der Waals surface area contributed by atoms with Crippen LogP contribution in [0.5, 0.6) is 0 Å². The molecular weight excluding hydrogens is 374 g/mol. The Hall–Kier alpha value is -2.17. The molecule has 0 bridgehead atoms. The maximum atomic E-state index is 11.9. The van der Waals surface area contributed by atoms with Crippen molar-refractivity contribution in [3.63, 3.8) is 0 Å². The first-order chi connectivity index (χ1) is 12.9. The number of nitrogens with one attached hydrogen (secondary N) is 3. The molecule has 9 nitrogen and oxygen atoms in total. The molecule has 0 saturated carbocycles. The molecule has 4 N–H and O–H groups in total. The molecule has 2 rings (SSSR count). The highest BCUT2D eigenvalue weighted by Crippen LogP contribution is 2.11. The predicted octanol–water partition coefficient (Wildman–Crippen LogP) is 0.673. The highest BCUT2D eigenvalue weighted by molar-refractivity contribution is 7.89. The highest BCUT2D eigenvalue weighted by atomic mass is 32.2. The molecule has 150 valence electrons. The molecule has 1 aromatic rings. The maximum absolute atomic E-state index is 11.9. The molecule has 1 unspecified atom stereocenters. The van der Waals surface area contributed by atoms with Crippen molar-refractivity contribution in [3.05, 3.63) is 35.4 Å². The lowest BCUT2D eigenvalue weighted by atomic mass is 10.1. The summed E-state index contributed by atoms with van der Waals surface area (Å²) in [6.07, 6.45) is 2.80. The number of ether oxygens (including phenoxy) is 1. The Balaban J connectivity index is 1.63. The Kier molecular flexibility index (Phi) is 8.01. The van der Waals surface area contributed by atoms with Gasteiger partial charge >= 0.3 is 12.0 Å². The van der Waals surface area contributed by atoms with Gasteiger partial charge in [0.25, 0.3) is 0 Å². The summed E-state index contributed by atoms with van der Waals surface area (Å²) in [5.74, 6) is -1.24. The van der Waals surface area contributed by atoms with Crippen molar-refractivity contribution in [1.29, 1.82) is 0 Å². The van der Waals surface area contributed by atoms with E-state index in [1.807, 2.05) is 0 Å². The average molecular weight is 399 g/mol. The second kappa shape index (κ2) is 10.2. The second-order valence-electron chi connectivity index (χ2n) is 6.27. The monoisotopic (exact) mass is 399 g/mol. The Morgan fingerprint density at radius 3 is 2.52 bits per heavy atom. The molecule has 1 saturated heterocycles. The van der Waals surface area contributed by atoms with Crippen LogP contribution in [0.2, 0.25) is 0 Å². The van der Waals surface area contributed by atoms with Crippen LogP contribution in [0.15, 0.2) is 24.3 Å². The first-order valence-corrected chi connectivity index (χ1v) is 10.4. The van der Waals surface area contributed by atoms with E-state index in [9.17, 15) is 18.0 Å². The van der Waals surface area contributed by atoms with Gasteiger partial charge in [0.2, 0.25) is 10.0 Å². The minimum Gasteiger partial charge on any atom is -0.478 e. The molecule has 0 aromatic heterocycles. The summed E-state index contributed by atoms with van der Waals surface area (Å²) in [5, 5.41) is 13.9. The van der Waals surface area contributed by atoms with E-state index in [0.717, 1.165) is 24.8 Å². The Bertz CT molecular complexity index is 730. The van der Waals surface area contributed by atoms with E-state index in [1.54, 1.807) is 12.1 Å². The van der Waals surface area contributed by atoms with Crippen LogP contribution in [0, 0.1) is 0 Å². The van der Waals surface area contributed by atoms with Gasteiger partial charge in [-0.25, -0.2) is 22.7 Å². The van der Waals surface area contributed by atoms with Crippen molar-refractivity contribution in [2.24, 2.45) is 0 Å². The Labute approximate surface area is 158 Å². The van der Waals surface area contributed by atoms with Gasteiger partial charge < -0.3 is 20.5 Å². The van der Waals surface area contributed by atoms with E-state index in [1.165, 1.54) is 12.1 Å². The highest BCUT2D eigenvalue weighted by Gasteiger charge is 2.17. The molecule has 2 amide bonds. The summed E-state index contributed by atoms with van der Waals surface area (Å²) in [7, 11) is -3.48. The van der Waals surface area contributed by atoms with Crippen molar-refractivity contribution < 1.29 is 27.9 Å². The van der Waals surface area contributed by atoms with Gasteiger partial charge in [-0.2, -0.15) is 0 Å². The standard InChI is InChI=1S/C17H25N3O6S/c21-16(22)14-6-4-13(5-7-14)11-19-17(23)18-8-10-27(24,25)20-12-15-3-1-2-9-26-15/h4-7,15,20H,1-3,8-12H2,(H,21,22)(H2,18,19,23). The fourth-order valence-electron chi connectivity index (χ4n) is 2.57. The number of amides is 2. The molecule has 0 aliphatic carbocycles. The maximum Gasteiger partial charge on any atom is 0.335 e. The molecule has 1 aliphatic rings. The van der Waals surface area contributed by atoms with E-state index in [-0.39, 0.29) is 37.1 Å². The van der Waals surface area contributed by atoms with Crippen molar-refractivity contribution in [2.45, 2.75) is 31.9 Å². The number of carbonyl (C=O) groups is 2. The Morgan fingerprint density at radius 2 is 1.89 bits per heavy atom. The van der Waals surface area contributed by atoms with Gasteiger partial charge in [0.1, 0.15) is 0 Å². The van der Waals surface area contributed by atoms with Crippen LogP contribution in [-0.4, -0.2) is 57.1 Å². The summed E-state index contributed by atoms with van der Waals surface area (Å²) in [6.45, 7) is 1.09. The summed E-state index contributed by atoms with van der Waals surface area (Å²) in [4.78, 5) is 22.5. The molecule has 1 aromatic carbocycles. The third-order valence-electron chi connectivity index (χ3n) is 4.12. The molecule has 1 atom stereocenters. The largest absolute Gasteiger partial charge is 0.478 e. The van der Waals surface area contributed by atoms with E-state index in [0.29, 0.717) is 6.61 Å². The smallest absolute Gasteiger partial charge is 0.335 e. The SMILES string of the molecule is O=C(NCCS(=O)(=O)NCC1CCCCO1)NCc1ccc(C(=O)O)cc1. The van der Waals surface area contributed by atoms with E-state index >= 15 is 0 Å². The fraction of sp³-hybridized carbons (Fsp3) is 0.529. The van der Waals surface area contributed by atoms with E-state index < -0.39 is 22.0 Å². The van der Waals surface area contributed by atoms with Crippen LogP contribution >= 0.6 is 0 Å². The third kappa shape index (κ3) is 7.94. The van der Waals surface area contributed by atoms with Gasteiger partial charge in [0, 0.05) is 26.2 Å². The van der Waals surface area contributed by atoms with Crippen LogP contribution in [-0.2, 0) is 21.3 Å². The van der Waals surface area contributed by atoms with Gasteiger partial charge in [-0.05, 0) is 37.0 Å². The number of carboxylic acids is 1. The number of carboxylic acid groups (broad SMARTS) is 1. The van der Waals surface area contributed by atoms with E-state index in [2.05, 4.69) is 15.4 Å². The number of benzene rings is 1. The lowest BCUT2D eigenvalue weighted by molar-refractivity contribution is 0.0200. The minimum atomic E-state index is -3.48. The normalized spacial score (nSPS) is 17.3. The summed E-state index contributed by atoms with van der Waals surface area (Å²) in [5.41, 5.74) is 0.899. The number of aromatic carboxylic acids is 1. The van der Waals surface area contributed by atoms with Crippen molar-refractivity contribution in [3.8, 4) is 0 Å². The summed E-state index contributed by atoms with van der Waals surface area (Å²) < 4.78 is 31.8. The van der Waals surface area contributed by atoms with Crippen molar-refractivity contribution >= 4 is 22.0 Å². The zero-order valence-corrected chi connectivity index (χ0v) is 15.8. The minimum absolute atomic E-state index is 0.0232. The Morgan fingerprint density at radius 1 is 1.15 bits per heavy atom. The number of carbonyl (C=O) groups excluding carboxylic acids is 1.